The maximum absolute atomic E-state index is 12.4. The molecule has 0 radical (unpaired) electrons. The van der Waals surface area contributed by atoms with Crippen molar-refractivity contribution in [3.8, 4) is 0 Å². The Balaban J connectivity index is 3.48. The van der Waals surface area contributed by atoms with Crippen molar-refractivity contribution in [1.29, 1.82) is 0 Å². The van der Waals surface area contributed by atoms with E-state index in [1.165, 1.54) is 186 Å². The average molecular weight is 886 g/mol. The van der Waals surface area contributed by atoms with Crippen molar-refractivity contribution in [3.05, 3.63) is 36.5 Å². The highest BCUT2D eigenvalue weighted by atomic mass is 16.5. The Bertz CT molecular complexity index is 1020. The number of carbonyl (C=O) groups is 2. The highest BCUT2D eigenvalue weighted by Crippen LogP contribution is 2.16. The van der Waals surface area contributed by atoms with Gasteiger partial charge in [0.2, 0.25) is 5.91 Å². The number of aliphatic hydroxyl groups excluding tert-OH is 2. The second-order valence-electron chi connectivity index (χ2n) is 18.9. The predicted octanol–water partition coefficient (Wildman–Crippen LogP) is 16.9. The number of ether oxygens (including phenoxy) is 1. The molecule has 2 unspecified atom stereocenters. The van der Waals surface area contributed by atoms with Gasteiger partial charge in [-0.25, -0.2) is 0 Å². The van der Waals surface area contributed by atoms with E-state index in [2.05, 4.69) is 55.6 Å². The molecule has 1 amide bonds. The van der Waals surface area contributed by atoms with Gasteiger partial charge in [0, 0.05) is 12.8 Å². The molecule has 0 heterocycles. The van der Waals surface area contributed by atoms with E-state index in [0.717, 1.165) is 70.6 Å². The number of amides is 1. The number of aliphatic hydroxyl groups is 2. The summed E-state index contributed by atoms with van der Waals surface area (Å²) >= 11 is 0. The third-order valence-corrected chi connectivity index (χ3v) is 12.7. The summed E-state index contributed by atoms with van der Waals surface area (Å²) in [4.78, 5) is 24.5. The Hall–Kier alpha value is -1.92. The lowest BCUT2D eigenvalue weighted by atomic mass is 10.0. The Morgan fingerprint density at radius 3 is 1.22 bits per heavy atom. The van der Waals surface area contributed by atoms with Crippen molar-refractivity contribution in [2.45, 2.75) is 302 Å². The van der Waals surface area contributed by atoms with Gasteiger partial charge in [0.1, 0.15) is 0 Å². The third-order valence-electron chi connectivity index (χ3n) is 12.7. The number of unbranched alkanes of at least 4 members (excludes halogenated alkanes) is 35. The van der Waals surface area contributed by atoms with Crippen molar-refractivity contribution in [2.75, 3.05) is 13.2 Å². The number of allylic oxidation sites excluding steroid dienone is 6. The van der Waals surface area contributed by atoms with Gasteiger partial charge in [0.25, 0.3) is 0 Å². The Morgan fingerprint density at radius 2 is 0.794 bits per heavy atom. The molecule has 2 atom stereocenters. The fourth-order valence-electron chi connectivity index (χ4n) is 8.39. The van der Waals surface area contributed by atoms with Gasteiger partial charge in [-0.1, -0.05) is 230 Å². The summed E-state index contributed by atoms with van der Waals surface area (Å²) in [6.07, 6.45) is 64.1. The molecular formula is C57H107NO5. The highest BCUT2D eigenvalue weighted by Gasteiger charge is 2.20. The van der Waals surface area contributed by atoms with Gasteiger partial charge in [-0.15, -0.1) is 0 Å². The molecule has 0 aromatic heterocycles. The van der Waals surface area contributed by atoms with Crippen LogP contribution in [0.3, 0.4) is 0 Å². The maximum atomic E-state index is 12.4. The summed E-state index contributed by atoms with van der Waals surface area (Å²) in [6, 6.07) is -0.548. The van der Waals surface area contributed by atoms with Crippen LogP contribution in [0.25, 0.3) is 0 Å². The fourth-order valence-corrected chi connectivity index (χ4v) is 8.39. The van der Waals surface area contributed by atoms with E-state index in [4.69, 9.17) is 4.74 Å². The smallest absolute Gasteiger partial charge is 0.305 e. The van der Waals surface area contributed by atoms with Crippen LogP contribution in [0.4, 0.5) is 0 Å². The van der Waals surface area contributed by atoms with Crippen molar-refractivity contribution >= 4 is 11.9 Å². The number of esters is 1. The van der Waals surface area contributed by atoms with Crippen molar-refractivity contribution < 1.29 is 24.5 Å². The molecule has 0 spiro atoms. The van der Waals surface area contributed by atoms with Crippen molar-refractivity contribution in [1.82, 2.24) is 5.32 Å². The van der Waals surface area contributed by atoms with E-state index in [1.807, 2.05) is 0 Å². The molecule has 0 aromatic rings. The van der Waals surface area contributed by atoms with Crippen LogP contribution in [0.2, 0.25) is 0 Å². The minimum atomic E-state index is -0.670. The summed E-state index contributed by atoms with van der Waals surface area (Å²) < 4.78 is 5.45. The third kappa shape index (κ3) is 49.4. The zero-order valence-electron chi connectivity index (χ0n) is 42.1. The molecule has 0 fully saturated rings. The van der Waals surface area contributed by atoms with Gasteiger partial charge in [-0.3, -0.25) is 9.59 Å². The normalized spacial score (nSPS) is 12.9. The molecule has 0 saturated carbocycles. The molecule has 6 heteroatoms. The summed E-state index contributed by atoms with van der Waals surface area (Å²) in [7, 11) is 0. The Morgan fingerprint density at radius 1 is 0.444 bits per heavy atom. The zero-order valence-corrected chi connectivity index (χ0v) is 42.1. The minimum Gasteiger partial charge on any atom is -0.466 e. The SMILES string of the molecule is CCCCCCCC/C=C\CCCCCCCC(=O)OCCCCC/C=C\C=C/CCCCCCCCCCCCC(=O)NC(CO)C(O)CCCCCCCCCCCCCC. The second-order valence-corrected chi connectivity index (χ2v) is 18.9. The molecule has 370 valence electrons. The first-order chi connectivity index (χ1) is 31.0. The molecule has 0 aliphatic carbocycles. The van der Waals surface area contributed by atoms with Crippen LogP contribution in [-0.4, -0.2) is 47.4 Å². The maximum Gasteiger partial charge on any atom is 0.305 e. The van der Waals surface area contributed by atoms with Crippen LogP contribution < -0.4 is 5.32 Å². The summed E-state index contributed by atoms with van der Waals surface area (Å²) in [5, 5.41) is 23.2. The molecule has 0 bridgehead atoms. The van der Waals surface area contributed by atoms with Crippen molar-refractivity contribution in [2.24, 2.45) is 0 Å². The molecular weight excluding hydrogens is 779 g/mol. The molecule has 0 aliphatic rings. The van der Waals surface area contributed by atoms with Gasteiger partial charge in [-0.2, -0.15) is 0 Å². The summed E-state index contributed by atoms with van der Waals surface area (Å²) in [6.45, 7) is 4.90. The number of hydrogen-bond donors (Lipinski definition) is 3. The molecule has 3 N–H and O–H groups in total. The molecule has 0 aliphatic heterocycles. The number of nitrogens with one attached hydrogen (secondary N) is 1. The first-order valence-corrected chi connectivity index (χ1v) is 27.8. The summed E-state index contributed by atoms with van der Waals surface area (Å²) in [5.74, 6) is -0.0675. The van der Waals surface area contributed by atoms with Gasteiger partial charge < -0.3 is 20.3 Å². The van der Waals surface area contributed by atoms with Crippen molar-refractivity contribution in [3.63, 3.8) is 0 Å². The fraction of sp³-hybridized carbons (Fsp3) is 0.860. The van der Waals surface area contributed by atoms with E-state index >= 15 is 0 Å². The van der Waals surface area contributed by atoms with E-state index < -0.39 is 12.1 Å². The lowest BCUT2D eigenvalue weighted by Gasteiger charge is -2.22. The van der Waals surface area contributed by atoms with Crippen LogP contribution >= 0.6 is 0 Å². The zero-order chi connectivity index (χ0) is 45.8. The number of rotatable bonds is 51. The topological polar surface area (TPSA) is 95.9 Å². The first-order valence-electron chi connectivity index (χ1n) is 27.8. The number of hydrogen-bond acceptors (Lipinski definition) is 5. The highest BCUT2D eigenvalue weighted by molar-refractivity contribution is 5.76. The largest absolute Gasteiger partial charge is 0.466 e. The lowest BCUT2D eigenvalue weighted by Crippen LogP contribution is -2.45. The van der Waals surface area contributed by atoms with Gasteiger partial charge >= 0.3 is 5.97 Å². The Labute approximate surface area is 392 Å². The average Bonchev–Trinajstić information content (AvgIpc) is 3.28. The van der Waals surface area contributed by atoms with Gasteiger partial charge in [0.15, 0.2) is 0 Å². The van der Waals surface area contributed by atoms with Gasteiger partial charge in [-0.05, 0) is 83.5 Å². The van der Waals surface area contributed by atoms with Crippen LogP contribution in [0, 0.1) is 0 Å². The number of carbonyl (C=O) groups excluding carboxylic acids is 2. The molecule has 0 saturated heterocycles. The van der Waals surface area contributed by atoms with E-state index in [0.29, 0.717) is 25.9 Å². The monoisotopic (exact) mass is 886 g/mol. The second kappa shape index (κ2) is 52.7. The molecule has 0 aromatic carbocycles. The molecule has 0 rings (SSSR count). The quantitative estimate of drug-likeness (QED) is 0.0245. The van der Waals surface area contributed by atoms with E-state index in [-0.39, 0.29) is 18.5 Å². The van der Waals surface area contributed by atoms with Crippen LogP contribution in [0.1, 0.15) is 290 Å². The molecule has 6 nitrogen and oxygen atoms in total. The van der Waals surface area contributed by atoms with Crippen LogP contribution in [0.5, 0.6) is 0 Å². The van der Waals surface area contributed by atoms with Gasteiger partial charge in [0.05, 0.1) is 25.4 Å². The molecule has 63 heavy (non-hydrogen) atoms. The van der Waals surface area contributed by atoms with Crippen LogP contribution in [-0.2, 0) is 14.3 Å². The summed E-state index contributed by atoms with van der Waals surface area (Å²) in [5.41, 5.74) is 0. The minimum absolute atomic E-state index is 0.0216. The van der Waals surface area contributed by atoms with E-state index in [9.17, 15) is 19.8 Å². The standard InChI is InChI=1S/C57H107NO5/c1-3-5-7-9-11-13-15-17-23-27-31-35-39-43-47-51-57(62)63-52-48-44-40-36-32-28-25-22-20-18-19-21-24-26-30-34-38-42-46-50-56(61)58-54(53-59)55(60)49-45-41-37-33-29-16-14-12-10-8-6-4-2/h17,22-23,25,28,32,54-55,59-60H,3-16,18-21,24,26-27,29-31,33-53H2,1-2H3,(H,58,61)/b23-17-,25-22-,32-28-. The van der Waals surface area contributed by atoms with E-state index in [1.54, 1.807) is 0 Å². The van der Waals surface area contributed by atoms with Crippen LogP contribution in [0.15, 0.2) is 36.5 Å². The first kappa shape index (κ1) is 61.1. The Kier molecular flexibility index (Phi) is 51.1. The predicted molar refractivity (Wildman–Crippen MR) is 273 cm³/mol. The lowest BCUT2D eigenvalue weighted by molar-refractivity contribution is -0.143.